The van der Waals surface area contributed by atoms with Crippen molar-refractivity contribution in [2.24, 2.45) is 5.92 Å². The van der Waals surface area contributed by atoms with E-state index < -0.39 is 52.4 Å². The minimum Gasteiger partial charge on any atom is -0.772 e. The third kappa shape index (κ3) is 6.22. The molecule has 1 N–H and O–H groups in total. The zero-order valence-corrected chi connectivity index (χ0v) is 19.2. The van der Waals surface area contributed by atoms with Gasteiger partial charge in [-0.1, -0.05) is 36.4 Å². The molecule has 1 fully saturated rings. The second-order valence-corrected chi connectivity index (χ2v) is 9.61. The number of rotatable bonds is 9. The first-order valence-corrected chi connectivity index (χ1v) is 11.7. The van der Waals surface area contributed by atoms with E-state index in [1.54, 1.807) is 24.3 Å². The smallest absolute Gasteiger partial charge is 0.430 e. The molecule has 0 saturated heterocycles. The summed E-state index contributed by atoms with van der Waals surface area (Å²) in [7, 11) is 0. The Bertz CT molecular complexity index is 1040. The van der Waals surface area contributed by atoms with Gasteiger partial charge in [0.2, 0.25) is 5.91 Å². The SMILES string of the molecule is CC(c1ccc(CC(=O)Nc2ccc(C(OCC3CC3)(C(F)(F)F)C(F)(F)F)cc2)cc1)S(=O)[O-]. The molecule has 2 aromatic carbocycles. The minimum atomic E-state index is -5.76. The maximum atomic E-state index is 13.8. The standard InChI is InChI=1S/C23H23F6NO4S/c1-14(35(32)33)17-6-4-15(5-7-17)12-20(31)30-19-10-8-18(9-11-19)21(22(24,25)26,23(27,28)29)34-13-16-2-3-16/h4-11,14,16H,2-3,12-13H2,1H3,(H,30,31)(H,32,33)/p-1. The van der Waals surface area contributed by atoms with Crippen LogP contribution in [0.1, 0.15) is 41.7 Å². The van der Waals surface area contributed by atoms with Gasteiger partial charge in [-0.05, 0) is 60.0 Å². The first kappa shape index (κ1) is 27.2. The monoisotopic (exact) mass is 522 g/mol. The highest BCUT2D eigenvalue weighted by molar-refractivity contribution is 7.79. The van der Waals surface area contributed by atoms with E-state index in [1.807, 2.05) is 0 Å². The summed E-state index contributed by atoms with van der Waals surface area (Å²) in [6.45, 7) is 0.831. The Labute approximate surface area is 200 Å². The van der Waals surface area contributed by atoms with E-state index in [1.165, 1.54) is 6.92 Å². The number of hydrogen-bond acceptors (Lipinski definition) is 4. The van der Waals surface area contributed by atoms with Crippen LogP contribution >= 0.6 is 0 Å². The summed E-state index contributed by atoms with van der Waals surface area (Å²) < 4.78 is 109. The lowest BCUT2D eigenvalue weighted by molar-refractivity contribution is -0.390. The summed E-state index contributed by atoms with van der Waals surface area (Å²) in [5, 5.41) is 1.69. The summed E-state index contributed by atoms with van der Waals surface area (Å²) in [6, 6.07) is 9.40. The van der Waals surface area contributed by atoms with E-state index >= 15 is 0 Å². The van der Waals surface area contributed by atoms with E-state index in [0.29, 0.717) is 36.1 Å². The van der Waals surface area contributed by atoms with Crippen LogP contribution in [0.4, 0.5) is 32.0 Å². The Kier molecular flexibility index (Phi) is 7.97. The summed E-state index contributed by atoms with van der Waals surface area (Å²) >= 11 is -2.31. The van der Waals surface area contributed by atoms with Gasteiger partial charge in [-0.2, -0.15) is 26.3 Å². The first-order chi connectivity index (χ1) is 16.2. The third-order valence-corrected chi connectivity index (χ3v) is 6.56. The number of anilines is 1. The van der Waals surface area contributed by atoms with Crippen molar-refractivity contribution in [3.8, 4) is 0 Å². The van der Waals surface area contributed by atoms with Crippen LogP contribution < -0.4 is 5.32 Å². The molecule has 0 radical (unpaired) electrons. The molecule has 2 unspecified atom stereocenters. The number of hydrogen-bond donors (Lipinski definition) is 1. The highest BCUT2D eigenvalue weighted by Crippen LogP contribution is 2.53. The van der Waals surface area contributed by atoms with E-state index in [2.05, 4.69) is 10.1 Å². The number of alkyl halides is 6. The van der Waals surface area contributed by atoms with Crippen LogP contribution in [0.2, 0.25) is 0 Å². The molecule has 2 atom stereocenters. The largest absolute Gasteiger partial charge is 0.772 e. The van der Waals surface area contributed by atoms with Crippen molar-refractivity contribution in [2.75, 3.05) is 11.9 Å². The van der Waals surface area contributed by atoms with Gasteiger partial charge >= 0.3 is 12.4 Å². The quantitative estimate of drug-likeness (QED) is 0.346. The Balaban J connectivity index is 1.74. The maximum Gasteiger partial charge on any atom is 0.430 e. The van der Waals surface area contributed by atoms with Gasteiger partial charge in [-0.3, -0.25) is 9.00 Å². The van der Waals surface area contributed by atoms with Gasteiger partial charge in [-0.15, -0.1) is 0 Å². The second-order valence-electron chi connectivity index (χ2n) is 8.38. The first-order valence-electron chi connectivity index (χ1n) is 10.6. The highest BCUT2D eigenvalue weighted by Gasteiger charge is 2.73. The summed E-state index contributed by atoms with van der Waals surface area (Å²) in [4.78, 5) is 12.3. The maximum absolute atomic E-state index is 13.8. The molecule has 192 valence electrons. The molecule has 0 bridgehead atoms. The molecule has 1 aliphatic carbocycles. The Hall–Kier alpha value is -2.44. The predicted molar refractivity (Wildman–Crippen MR) is 115 cm³/mol. The lowest BCUT2D eigenvalue weighted by Gasteiger charge is -2.37. The predicted octanol–water partition coefficient (Wildman–Crippen LogP) is 5.55. The molecule has 1 amide bonds. The van der Waals surface area contributed by atoms with Crippen LogP contribution in [0.3, 0.4) is 0 Å². The van der Waals surface area contributed by atoms with Crippen LogP contribution in [0.15, 0.2) is 48.5 Å². The highest BCUT2D eigenvalue weighted by atomic mass is 32.2. The van der Waals surface area contributed by atoms with Crippen LogP contribution in [0.5, 0.6) is 0 Å². The normalized spacial score (nSPS) is 16.6. The average Bonchev–Trinajstić information content (AvgIpc) is 3.57. The average molecular weight is 522 g/mol. The second kappa shape index (κ2) is 10.3. The molecule has 0 heterocycles. The fourth-order valence-electron chi connectivity index (χ4n) is 3.46. The molecular weight excluding hydrogens is 500 g/mol. The van der Waals surface area contributed by atoms with Gasteiger partial charge in [-0.25, -0.2) is 0 Å². The number of halogens is 6. The molecule has 0 aliphatic heterocycles. The van der Waals surface area contributed by atoms with E-state index in [4.69, 9.17) is 0 Å². The molecule has 5 nitrogen and oxygen atoms in total. The van der Waals surface area contributed by atoms with Gasteiger partial charge in [0.1, 0.15) is 0 Å². The van der Waals surface area contributed by atoms with Crippen LogP contribution in [0, 0.1) is 5.92 Å². The summed E-state index contributed by atoms with van der Waals surface area (Å²) in [5.74, 6) is -0.897. The number of ether oxygens (including phenoxy) is 1. The number of benzene rings is 2. The molecule has 1 saturated carbocycles. The Morgan fingerprint density at radius 1 is 1.03 bits per heavy atom. The van der Waals surface area contributed by atoms with Gasteiger partial charge < -0.3 is 14.6 Å². The van der Waals surface area contributed by atoms with E-state index in [-0.39, 0.29) is 18.0 Å². The lowest BCUT2D eigenvalue weighted by atomic mass is 9.91. The zero-order valence-electron chi connectivity index (χ0n) is 18.4. The van der Waals surface area contributed by atoms with Crippen molar-refractivity contribution < 1.29 is 44.6 Å². The fourth-order valence-corrected chi connectivity index (χ4v) is 3.84. The fraction of sp³-hybridized carbons (Fsp3) is 0.435. The Morgan fingerprint density at radius 2 is 1.57 bits per heavy atom. The third-order valence-electron chi connectivity index (χ3n) is 5.71. The summed E-state index contributed by atoms with van der Waals surface area (Å²) in [5.41, 5.74) is -4.53. The molecule has 1 aliphatic rings. The van der Waals surface area contributed by atoms with Crippen molar-refractivity contribution in [3.05, 3.63) is 65.2 Å². The van der Waals surface area contributed by atoms with Crippen molar-refractivity contribution in [2.45, 2.75) is 49.4 Å². The lowest BCUT2D eigenvalue weighted by Crippen LogP contribution is -2.56. The molecule has 0 spiro atoms. The topological polar surface area (TPSA) is 78.5 Å². The Morgan fingerprint density at radius 3 is 2.03 bits per heavy atom. The van der Waals surface area contributed by atoms with Crippen molar-refractivity contribution in [1.82, 2.24) is 0 Å². The van der Waals surface area contributed by atoms with Crippen LogP contribution in [-0.2, 0) is 32.6 Å². The number of amides is 1. The van der Waals surface area contributed by atoms with Crippen molar-refractivity contribution >= 4 is 22.7 Å². The number of nitrogens with one attached hydrogen (secondary N) is 1. The minimum absolute atomic E-state index is 0.00573. The van der Waals surface area contributed by atoms with Crippen LogP contribution in [0.25, 0.3) is 0 Å². The molecule has 3 rings (SSSR count). The molecule has 35 heavy (non-hydrogen) atoms. The molecule has 2 aromatic rings. The van der Waals surface area contributed by atoms with Gasteiger partial charge in [0.05, 0.1) is 13.0 Å². The van der Waals surface area contributed by atoms with Crippen molar-refractivity contribution in [3.63, 3.8) is 0 Å². The van der Waals surface area contributed by atoms with E-state index in [9.17, 15) is 39.9 Å². The number of carbonyl (C=O) groups excluding carboxylic acids is 1. The van der Waals surface area contributed by atoms with Gasteiger partial charge in [0.25, 0.3) is 5.60 Å². The van der Waals surface area contributed by atoms with Gasteiger partial charge in [0, 0.05) is 16.5 Å². The summed E-state index contributed by atoms with van der Waals surface area (Å²) in [6.07, 6.45) is -10.6. The number of carbonyl (C=O) groups is 1. The zero-order chi connectivity index (χ0) is 26.0. The molecular formula is C23H22F6NO4S-. The van der Waals surface area contributed by atoms with Gasteiger partial charge in [0.15, 0.2) is 0 Å². The molecule has 0 aromatic heterocycles. The van der Waals surface area contributed by atoms with E-state index in [0.717, 1.165) is 12.1 Å². The van der Waals surface area contributed by atoms with Crippen LogP contribution in [-0.4, -0.2) is 33.6 Å². The molecule has 12 heteroatoms. The van der Waals surface area contributed by atoms with Crippen molar-refractivity contribution in [1.29, 1.82) is 0 Å².